The van der Waals surface area contributed by atoms with E-state index in [1.165, 1.54) is 16.7 Å². The Bertz CT molecular complexity index is 705. The molecule has 0 saturated carbocycles. The lowest BCUT2D eigenvalue weighted by Gasteiger charge is -2.23. The highest BCUT2D eigenvalue weighted by molar-refractivity contribution is 14.0. The van der Waals surface area contributed by atoms with Gasteiger partial charge in [0.2, 0.25) is 0 Å². The van der Waals surface area contributed by atoms with Crippen LogP contribution >= 0.6 is 35.7 Å². The van der Waals surface area contributed by atoms with Gasteiger partial charge in [0.05, 0.1) is 13.2 Å². The molecule has 0 fully saturated rings. The molecule has 0 aliphatic rings. The summed E-state index contributed by atoms with van der Waals surface area (Å²) in [6.45, 7) is 7.30. The topological polar surface area (TPSA) is 45.7 Å². The molecule has 0 aliphatic heterocycles. The predicted octanol–water partition coefficient (Wildman–Crippen LogP) is 4.83. The van der Waals surface area contributed by atoms with E-state index < -0.39 is 0 Å². The van der Waals surface area contributed by atoms with Crippen LogP contribution in [0.4, 0.5) is 0 Å². The summed E-state index contributed by atoms with van der Waals surface area (Å²) in [5.74, 6) is 0.826. The van der Waals surface area contributed by atoms with E-state index in [0.717, 1.165) is 19.0 Å². The largest absolute Gasteiger partial charge is 0.372 e. The molecule has 154 valence electrons. The molecule has 0 unspecified atom stereocenters. The number of hydrogen-bond donors (Lipinski definition) is 2. The van der Waals surface area contributed by atoms with Gasteiger partial charge in [-0.15, -0.1) is 24.0 Å². The van der Waals surface area contributed by atoms with Gasteiger partial charge in [-0.25, -0.2) is 0 Å². The molecule has 0 saturated heterocycles. The van der Waals surface area contributed by atoms with Gasteiger partial charge in [0.25, 0.3) is 0 Å². The number of benzene rings is 2. The standard InChI is InChI=1S/C22H31N3OS.HI/c1-22(2,27-4)17-25-21(23-3)24-14-18-10-12-20(13-11-18)16-26-15-19-8-6-5-7-9-19;/h5-13H,14-17H2,1-4H3,(H2,23,24,25);1H. The number of nitrogens with zero attached hydrogens (tertiary/aromatic N) is 1. The molecule has 0 amide bonds. The highest BCUT2D eigenvalue weighted by Gasteiger charge is 2.15. The molecule has 4 nitrogen and oxygen atoms in total. The Morgan fingerprint density at radius 2 is 1.50 bits per heavy atom. The Hall–Kier alpha value is -1.25. The van der Waals surface area contributed by atoms with Gasteiger partial charge >= 0.3 is 0 Å². The number of aliphatic imine (C=N–C) groups is 1. The van der Waals surface area contributed by atoms with Crippen LogP contribution in [0.5, 0.6) is 0 Å². The summed E-state index contributed by atoms with van der Waals surface area (Å²) in [5, 5.41) is 6.75. The maximum atomic E-state index is 5.79. The predicted molar refractivity (Wildman–Crippen MR) is 133 cm³/mol. The van der Waals surface area contributed by atoms with Crippen molar-refractivity contribution in [3.05, 3.63) is 71.3 Å². The molecule has 0 aromatic heterocycles. The minimum Gasteiger partial charge on any atom is -0.372 e. The molecule has 0 aliphatic carbocycles. The zero-order valence-electron chi connectivity index (χ0n) is 17.2. The molecular formula is C22H32IN3OS. The Balaban J connectivity index is 0.00000392. The van der Waals surface area contributed by atoms with E-state index in [1.54, 1.807) is 7.05 Å². The molecule has 6 heteroatoms. The van der Waals surface area contributed by atoms with E-state index in [2.05, 4.69) is 72.1 Å². The van der Waals surface area contributed by atoms with Gasteiger partial charge in [-0.2, -0.15) is 11.8 Å². The third-order valence-corrected chi connectivity index (χ3v) is 5.57. The number of hydrogen-bond acceptors (Lipinski definition) is 3. The number of nitrogens with one attached hydrogen (secondary N) is 2. The van der Waals surface area contributed by atoms with Crippen LogP contribution in [0.15, 0.2) is 59.6 Å². The van der Waals surface area contributed by atoms with Gasteiger partial charge in [0, 0.05) is 24.9 Å². The number of thioether (sulfide) groups is 1. The highest BCUT2D eigenvalue weighted by Crippen LogP contribution is 2.19. The van der Waals surface area contributed by atoms with Crippen molar-refractivity contribution in [3.63, 3.8) is 0 Å². The Kier molecular flexibility index (Phi) is 11.6. The smallest absolute Gasteiger partial charge is 0.191 e. The molecule has 0 atom stereocenters. The molecule has 2 rings (SSSR count). The summed E-state index contributed by atoms with van der Waals surface area (Å²) in [5.41, 5.74) is 3.59. The van der Waals surface area contributed by atoms with Crippen LogP contribution in [0.25, 0.3) is 0 Å². The second kappa shape index (κ2) is 13.1. The first-order valence-corrected chi connectivity index (χ1v) is 10.4. The van der Waals surface area contributed by atoms with Crippen molar-refractivity contribution in [1.29, 1.82) is 0 Å². The lowest BCUT2D eigenvalue weighted by molar-refractivity contribution is 0.107. The zero-order valence-corrected chi connectivity index (χ0v) is 20.3. The summed E-state index contributed by atoms with van der Waals surface area (Å²) in [6, 6.07) is 18.7. The first-order chi connectivity index (χ1) is 13.0. The Morgan fingerprint density at radius 1 is 0.929 bits per heavy atom. The SMILES string of the molecule is CN=C(NCc1ccc(COCc2ccccc2)cc1)NCC(C)(C)SC.I. The summed E-state index contributed by atoms with van der Waals surface area (Å²) < 4.78 is 5.97. The van der Waals surface area contributed by atoms with Crippen LogP contribution in [0.3, 0.4) is 0 Å². The van der Waals surface area contributed by atoms with Crippen molar-refractivity contribution >= 4 is 41.7 Å². The van der Waals surface area contributed by atoms with Gasteiger partial charge < -0.3 is 15.4 Å². The Morgan fingerprint density at radius 3 is 2.07 bits per heavy atom. The maximum absolute atomic E-state index is 5.79. The van der Waals surface area contributed by atoms with Crippen LogP contribution in [0.1, 0.15) is 30.5 Å². The van der Waals surface area contributed by atoms with Crippen LogP contribution < -0.4 is 10.6 Å². The highest BCUT2D eigenvalue weighted by atomic mass is 127. The number of ether oxygens (including phenoxy) is 1. The van der Waals surface area contributed by atoms with Gasteiger partial charge in [-0.05, 0) is 36.8 Å². The van der Waals surface area contributed by atoms with E-state index in [4.69, 9.17) is 4.74 Å². The van der Waals surface area contributed by atoms with E-state index in [-0.39, 0.29) is 28.7 Å². The van der Waals surface area contributed by atoms with Crippen molar-refractivity contribution in [2.45, 2.75) is 38.4 Å². The van der Waals surface area contributed by atoms with Gasteiger partial charge in [-0.3, -0.25) is 4.99 Å². The quantitative estimate of drug-likeness (QED) is 0.287. The summed E-state index contributed by atoms with van der Waals surface area (Å²) >= 11 is 1.84. The lowest BCUT2D eigenvalue weighted by atomic mass is 10.1. The van der Waals surface area contributed by atoms with Crippen LogP contribution in [-0.4, -0.2) is 30.6 Å². The number of halogens is 1. The summed E-state index contributed by atoms with van der Waals surface area (Å²) in [4.78, 5) is 4.29. The van der Waals surface area contributed by atoms with E-state index in [9.17, 15) is 0 Å². The molecule has 0 bridgehead atoms. The third-order valence-electron chi connectivity index (χ3n) is 4.32. The number of rotatable bonds is 9. The van der Waals surface area contributed by atoms with Gasteiger partial charge in [-0.1, -0.05) is 54.6 Å². The van der Waals surface area contributed by atoms with Gasteiger partial charge in [0.1, 0.15) is 0 Å². The zero-order chi connectivity index (χ0) is 19.5. The fourth-order valence-corrected chi connectivity index (χ4v) is 2.61. The average molecular weight is 513 g/mol. The second-order valence-electron chi connectivity index (χ2n) is 7.04. The summed E-state index contributed by atoms with van der Waals surface area (Å²) in [7, 11) is 1.80. The van der Waals surface area contributed by atoms with Crippen molar-refractivity contribution < 1.29 is 4.74 Å². The van der Waals surface area contributed by atoms with Crippen molar-refractivity contribution in [2.24, 2.45) is 4.99 Å². The van der Waals surface area contributed by atoms with Crippen LogP contribution in [0, 0.1) is 0 Å². The Labute approximate surface area is 191 Å². The van der Waals surface area contributed by atoms with Crippen molar-refractivity contribution in [1.82, 2.24) is 10.6 Å². The summed E-state index contributed by atoms with van der Waals surface area (Å²) in [6.07, 6.45) is 2.13. The fourth-order valence-electron chi connectivity index (χ4n) is 2.39. The van der Waals surface area contributed by atoms with Crippen LogP contribution in [0.2, 0.25) is 0 Å². The molecule has 2 aromatic rings. The van der Waals surface area contributed by atoms with Gasteiger partial charge in [0.15, 0.2) is 5.96 Å². The molecular weight excluding hydrogens is 481 g/mol. The maximum Gasteiger partial charge on any atom is 0.191 e. The fraction of sp³-hybridized carbons (Fsp3) is 0.409. The minimum absolute atomic E-state index is 0. The lowest BCUT2D eigenvalue weighted by Crippen LogP contribution is -2.42. The normalized spacial score (nSPS) is 11.6. The molecule has 2 aromatic carbocycles. The first kappa shape index (κ1) is 24.8. The molecule has 0 radical (unpaired) electrons. The molecule has 0 spiro atoms. The average Bonchev–Trinajstić information content (AvgIpc) is 2.70. The first-order valence-electron chi connectivity index (χ1n) is 9.21. The van der Waals surface area contributed by atoms with Crippen LogP contribution in [-0.2, 0) is 24.5 Å². The third kappa shape index (κ3) is 9.30. The number of guanidine groups is 1. The van der Waals surface area contributed by atoms with E-state index in [0.29, 0.717) is 13.2 Å². The van der Waals surface area contributed by atoms with Crippen molar-refractivity contribution in [2.75, 3.05) is 19.8 Å². The minimum atomic E-state index is 0. The van der Waals surface area contributed by atoms with E-state index in [1.807, 2.05) is 30.0 Å². The monoisotopic (exact) mass is 513 g/mol. The second-order valence-corrected chi connectivity index (χ2v) is 8.55. The molecule has 0 heterocycles. The van der Waals surface area contributed by atoms with E-state index >= 15 is 0 Å². The molecule has 2 N–H and O–H groups in total. The molecule has 28 heavy (non-hydrogen) atoms. The van der Waals surface area contributed by atoms with Crippen molar-refractivity contribution in [3.8, 4) is 0 Å².